The van der Waals surface area contributed by atoms with Crippen molar-refractivity contribution in [1.82, 2.24) is 0 Å². The van der Waals surface area contributed by atoms with Gasteiger partial charge in [-0.2, -0.15) is 0 Å². The summed E-state index contributed by atoms with van der Waals surface area (Å²) in [4.78, 5) is 0. The summed E-state index contributed by atoms with van der Waals surface area (Å²) in [6.45, 7) is 4.69. The lowest BCUT2D eigenvalue weighted by Gasteiger charge is -2.16. The second kappa shape index (κ2) is 7.99. The summed E-state index contributed by atoms with van der Waals surface area (Å²) in [5.74, 6) is 1.20. The SMILES string of the molecule is COc1cc(CN)ccc1OCC(O)COC(C)C. The van der Waals surface area contributed by atoms with Crippen molar-refractivity contribution in [2.45, 2.75) is 32.6 Å². The van der Waals surface area contributed by atoms with Crippen molar-refractivity contribution in [3.05, 3.63) is 23.8 Å². The molecule has 0 spiro atoms. The van der Waals surface area contributed by atoms with Crippen LogP contribution in [-0.2, 0) is 11.3 Å². The van der Waals surface area contributed by atoms with E-state index in [2.05, 4.69) is 0 Å². The second-order valence-corrected chi connectivity index (χ2v) is 4.54. The Morgan fingerprint density at radius 3 is 2.53 bits per heavy atom. The van der Waals surface area contributed by atoms with Crippen LogP contribution in [0.15, 0.2) is 18.2 Å². The molecule has 1 rings (SSSR count). The molecule has 108 valence electrons. The first-order chi connectivity index (χ1) is 9.06. The fourth-order valence-electron chi connectivity index (χ4n) is 1.50. The van der Waals surface area contributed by atoms with Crippen molar-refractivity contribution < 1.29 is 19.3 Å². The van der Waals surface area contributed by atoms with Crippen LogP contribution in [0.2, 0.25) is 0 Å². The van der Waals surface area contributed by atoms with Gasteiger partial charge >= 0.3 is 0 Å². The molecule has 1 atom stereocenters. The van der Waals surface area contributed by atoms with Gasteiger partial charge in [0, 0.05) is 6.54 Å². The molecule has 0 aliphatic heterocycles. The molecule has 1 aromatic carbocycles. The molecule has 5 heteroatoms. The lowest BCUT2D eigenvalue weighted by atomic mass is 10.2. The molecule has 1 unspecified atom stereocenters. The summed E-state index contributed by atoms with van der Waals surface area (Å²) in [6.07, 6.45) is -0.575. The quantitative estimate of drug-likeness (QED) is 0.744. The van der Waals surface area contributed by atoms with E-state index in [0.29, 0.717) is 18.0 Å². The second-order valence-electron chi connectivity index (χ2n) is 4.54. The van der Waals surface area contributed by atoms with Gasteiger partial charge in [-0.25, -0.2) is 0 Å². The van der Waals surface area contributed by atoms with Crippen molar-refractivity contribution in [1.29, 1.82) is 0 Å². The molecular formula is C14H23NO4. The molecular weight excluding hydrogens is 246 g/mol. The van der Waals surface area contributed by atoms with Gasteiger partial charge in [0.2, 0.25) is 0 Å². The van der Waals surface area contributed by atoms with Crippen LogP contribution >= 0.6 is 0 Å². The number of ether oxygens (including phenoxy) is 3. The van der Waals surface area contributed by atoms with Crippen LogP contribution in [0.1, 0.15) is 19.4 Å². The van der Waals surface area contributed by atoms with Crippen molar-refractivity contribution in [2.75, 3.05) is 20.3 Å². The molecule has 0 fully saturated rings. The van der Waals surface area contributed by atoms with Crippen LogP contribution in [0.4, 0.5) is 0 Å². The minimum Gasteiger partial charge on any atom is -0.493 e. The zero-order chi connectivity index (χ0) is 14.3. The van der Waals surface area contributed by atoms with Gasteiger partial charge in [0.1, 0.15) is 12.7 Å². The van der Waals surface area contributed by atoms with Gasteiger partial charge in [-0.3, -0.25) is 0 Å². The monoisotopic (exact) mass is 269 g/mol. The Bertz CT molecular complexity index is 382. The van der Waals surface area contributed by atoms with Gasteiger partial charge in [-0.05, 0) is 31.5 Å². The molecule has 19 heavy (non-hydrogen) atoms. The third-order valence-corrected chi connectivity index (χ3v) is 2.52. The first-order valence-electron chi connectivity index (χ1n) is 6.36. The number of hydrogen-bond acceptors (Lipinski definition) is 5. The van der Waals surface area contributed by atoms with Crippen LogP contribution in [0.5, 0.6) is 11.5 Å². The van der Waals surface area contributed by atoms with Crippen molar-refractivity contribution in [3.63, 3.8) is 0 Å². The van der Waals surface area contributed by atoms with Crippen molar-refractivity contribution in [2.24, 2.45) is 5.73 Å². The summed E-state index contributed by atoms with van der Waals surface area (Å²) in [5, 5.41) is 9.71. The fourth-order valence-corrected chi connectivity index (χ4v) is 1.50. The molecule has 0 bridgehead atoms. The molecule has 1 aromatic rings. The molecule has 5 nitrogen and oxygen atoms in total. The van der Waals surface area contributed by atoms with Gasteiger partial charge in [0.15, 0.2) is 11.5 Å². The number of aliphatic hydroxyl groups is 1. The normalized spacial score (nSPS) is 12.5. The third-order valence-electron chi connectivity index (χ3n) is 2.52. The molecule has 0 heterocycles. The van der Waals surface area contributed by atoms with Crippen LogP contribution in [0.25, 0.3) is 0 Å². The molecule has 0 aromatic heterocycles. The van der Waals surface area contributed by atoms with E-state index in [9.17, 15) is 5.11 Å². The highest BCUT2D eigenvalue weighted by Crippen LogP contribution is 2.28. The third kappa shape index (κ3) is 5.46. The highest BCUT2D eigenvalue weighted by molar-refractivity contribution is 5.42. The standard InChI is InChI=1S/C14H23NO4/c1-10(2)18-8-12(16)9-19-13-5-4-11(7-15)6-14(13)17-3/h4-6,10,12,16H,7-9,15H2,1-3H3. The summed E-state index contributed by atoms with van der Waals surface area (Å²) in [7, 11) is 1.57. The average molecular weight is 269 g/mol. The smallest absolute Gasteiger partial charge is 0.161 e. The fraction of sp³-hybridized carbons (Fsp3) is 0.571. The lowest BCUT2D eigenvalue weighted by Crippen LogP contribution is -2.25. The molecule has 0 radical (unpaired) electrons. The molecule has 0 aliphatic rings. The highest BCUT2D eigenvalue weighted by atomic mass is 16.5. The Labute approximate surface area is 114 Å². The Balaban J connectivity index is 2.52. The molecule has 0 saturated carbocycles. The minimum atomic E-state index is -0.665. The Kier molecular flexibility index (Phi) is 6.62. The first kappa shape index (κ1) is 15.8. The summed E-state index contributed by atoms with van der Waals surface area (Å²) in [5.41, 5.74) is 6.53. The number of rotatable bonds is 8. The zero-order valence-corrected chi connectivity index (χ0v) is 11.8. The van der Waals surface area contributed by atoms with E-state index < -0.39 is 6.10 Å². The maximum absolute atomic E-state index is 9.71. The molecule has 3 N–H and O–H groups in total. The van der Waals surface area contributed by atoms with E-state index in [-0.39, 0.29) is 19.3 Å². The number of hydrogen-bond donors (Lipinski definition) is 2. The zero-order valence-electron chi connectivity index (χ0n) is 11.8. The topological polar surface area (TPSA) is 73.9 Å². The summed E-state index contributed by atoms with van der Waals surface area (Å²) < 4.78 is 16.1. The number of nitrogens with two attached hydrogens (primary N) is 1. The Hall–Kier alpha value is -1.30. The Morgan fingerprint density at radius 2 is 1.95 bits per heavy atom. The summed E-state index contributed by atoms with van der Waals surface area (Å²) >= 11 is 0. The van der Waals surface area contributed by atoms with E-state index >= 15 is 0 Å². The molecule has 0 aliphatic carbocycles. The lowest BCUT2D eigenvalue weighted by molar-refractivity contribution is -0.0125. The molecule has 0 amide bonds. The van der Waals surface area contributed by atoms with E-state index in [4.69, 9.17) is 19.9 Å². The Morgan fingerprint density at radius 1 is 1.21 bits per heavy atom. The number of benzene rings is 1. The van der Waals surface area contributed by atoms with Crippen LogP contribution in [0.3, 0.4) is 0 Å². The van der Waals surface area contributed by atoms with E-state index in [1.807, 2.05) is 26.0 Å². The maximum Gasteiger partial charge on any atom is 0.161 e. The predicted molar refractivity (Wildman–Crippen MR) is 73.5 cm³/mol. The summed E-state index contributed by atoms with van der Waals surface area (Å²) in [6, 6.07) is 5.48. The highest BCUT2D eigenvalue weighted by Gasteiger charge is 2.10. The van der Waals surface area contributed by atoms with Gasteiger partial charge in [0.25, 0.3) is 0 Å². The van der Waals surface area contributed by atoms with Gasteiger partial charge in [0.05, 0.1) is 19.8 Å². The predicted octanol–water partition coefficient (Wildman–Crippen LogP) is 1.32. The average Bonchev–Trinajstić information content (AvgIpc) is 2.42. The van der Waals surface area contributed by atoms with E-state index in [1.165, 1.54) is 0 Å². The largest absolute Gasteiger partial charge is 0.493 e. The van der Waals surface area contributed by atoms with Crippen molar-refractivity contribution in [3.8, 4) is 11.5 Å². The van der Waals surface area contributed by atoms with Gasteiger partial charge in [-0.15, -0.1) is 0 Å². The van der Waals surface area contributed by atoms with Crippen LogP contribution in [0, 0.1) is 0 Å². The maximum atomic E-state index is 9.71. The van der Waals surface area contributed by atoms with Crippen LogP contribution < -0.4 is 15.2 Å². The van der Waals surface area contributed by atoms with Gasteiger partial charge in [-0.1, -0.05) is 6.07 Å². The van der Waals surface area contributed by atoms with E-state index in [0.717, 1.165) is 5.56 Å². The number of aliphatic hydroxyl groups excluding tert-OH is 1. The van der Waals surface area contributed by atoms with Crippen molar-refractivity contribution >= 4 is 0 Å². The van der Waals surface area contributed by atoms with E-state index in [1.54, 1.807) is 13.2 Å². The van der Waals surface area contributed by atoms with Crippen LogP contribution in [-0.4, -0.2) is 37.6 Å². The molecule has 0 saturated heterocycles. The minimum absolute atomic E-state index is 0.0908. The first-order valence-corrected chi connectivity index (χ1v) is 6.36. The van der Waals surface area contributed by atoms with Gasteiger partial charge < -0.3 is 25.1 Å². The number of methoxy groups -OCH3 is 1.